The van der Waals surface area contributed by atoms with Crippen LogP contribution in [0.15, 0.2) is 4.52 Å². The monoisotopic (exact) mass is 494 g/mol. The van der Waals surface area contributed by atoms with E-state index in [1.165, 1.54) is 7.11 Å². The minimum Gasteiger partial charge on any atom is -0.462 e. The van der Waals surface area contributed by atoms with Gasteiger partial charge in [-0.2, -0.15) is 4.98 Å². The number of anilines is 1. The van der Waals surface area contributed by atoms with E-state index in [2.05, 4.69) is 20.8 Å². The number of ether oxygens (including phenoxy) is 3. The summed E-state index contributed by atoms with van der Waals surface area (Å²) in [5.41, 5.74) is -0.00673. The maximum atomic E-state index is 12.9. The highest BCUT2D eigenvalue weighted by Gasteiger charge is 2.40. The predicted molar refractivity (Wildman–Crippen MR) is 123 cm³/mol. The predicted octanol–water partition coefficient (Wildman–Crippen LogP) is 2.73. The third kappa shape index (κ3) is 5.80. The highest BCUT2D eigenvalue weighted by molar-refractivity contribution is 7.18. The minimum absolute atomic E-state index is 0.0413. The van der Waals surface area contributed by atoms with Gasteiger partial charge in [-0.05, 0) is 32.3 Å². The summed E-state index contributed by atoms with van der Waals surface area (Å²) in [6, 6.07) is 0. The molecule has 0 saturated heterocycles. The first-order valence-electron chi connectivity index (χ1n) is 11.1. The number of nitrogens with zero attached hydrogens (tertiary/aromatic N) is 2. The molecule has 0 unspecified atom stereocenters. The second kappa shape index (κ2) is 11.5. The van der Waals surface area contributed by atoms with Crippen LogP contribution in [-0.2, 0) is 24.5 Å². The molecule has 11 nitrogen and oxygen atoms in total. The molecule has 1 aliphatic carbocycles. The molecule has 34 heavy (non-hydrogen) atoms. The summed E-state index contributed by atoms with van der Waals surface area (Å²) in [6.45, 7) is 5.46. The summed E-state index contributed by atoms with van der Waals surface area (Å²) in [7, 11) is 1.50. The third-order valence-corrected chi connectivity index (χ3v) is 6.77. The Kier molecular flexibility index (Phi) is 8.75. The SMILES string of the molecule is CCOC(=O)c1c(NC(=O)CNC2(c3noc(C)n3)CCCC2)sc(C(=O)OCCOC)c1C. The van der Waals surface area contributed by atoms with E-state index in [-0.39, 0.29) is 47.7 Å². The Labute approximate surface area is 201 Å². The first-order chi connectivity index (χ1) is 16.3. The lowest BCUT2D eigenvalue weighted by atomic mass is 9.96. The largest absolute Gasteiger partial charge is 0.462 e. The quantitative estimate of drug-likeness (QED) is 0.354. The summed E-state index contributed by atoms with van der Waals surface area (Å²) >= 11 is 0.976. The number of thiophene rings is 1. The molecule has 2 aromatic rings. The molecule has 3 rings (SSSR count). The Morgan fingerprint density at radius 3 is 2.47 bits per heavy atom. The van der Waals surface area contributed by atoms with Crippen LogP contribution in [0, 0.1) is 13.8 Å². The zero-order chi connectivity index (χ0) is 24.7. The van der Waals surface area contributed by atoms with Crippen molar-refractivity contribution in [3.63, 3.8) is 0 Å². The standard InChI is InChI=1S/C22H30N4O7S/c1-5-31-19(28)16-13(2)17(20(29)32-11-10-30-4)34-18(16)25-15(27)12-23-22(8-6-7-9-22)21-24-14(3)33-26-21/h23H,5-12H2,1-4H3,(H,25,27). The van der Waals surface area contributed by atoms with Gasteiger partial charge in [0.15, 0.2) is 5.82 Å². The first kappa shape index (κ1) is 25.8. The van der Waals surface area contributed by atoms with Crippen molar-refractivity contribution >= 4 is 34.2 Å². The van der Waals surface area contributed by atoms with Crippen molar-refractivity contribution in [1.82, 2.24) is 15.5 Å². The molecule has 0 spiro atoms. The summed E-state index contributed by atoms with van der Waals surface area (Å²) in [5.74, 6) is -0.593. The molecule has 0 atom stereocenters. The van der Waals surface area contributed by atoms with Crippen LogP contribution in [0.5, 0.6) is 0 Å². The number of amides is 1. The normalized spacial score (nSPS) is 14.7. The number of carbonyl (C=O) groups is 3. The Morgan fingerprint density at radius 2 is 1.85 bits per heavy atom. The van der Waals surface area contributed by atoms with Crippen LogP contribution in [0.1, 0.15) is 69.9 Å². The third-order valence-electron chi connectivity index (χ3n) is 5.59. The van der Waals surface area contributed by atoms with Gasteiger partial charge in [-0.3, -0.25) is 10.1 Å². The fourth-order valence-electron chi connectivity index (χ4n) is 3.90. The molecule has 0 radical (unpaired) electrons. The van der Waals surface area contributed by atoms with Crippen molar-refractivity contribution in [2.24, 2.45) is 0 Å². The summed E-state index contributed by atoms with van der Waals surface area (Å²) in [6.07, 6.45) is 3.52. The first-order valence-corrected chi connectivity index (χ1v) is 11.9. The van der Waals surface area contributed by atoms with E-state index in [1.54, 1.807) is 20.8 Å². The van der Waals surface area contributed by atoms with Gasteiger partial charge >= 0.3 is 11.9 Å². The van der Waals surface area contributed by atoms with Crippen LogP contribution in [0.3, 0.4) is 0 Å². The zero-order valence-electron chi connectivity index (χ0n) is 19.8. The average molecular weight is 495 g/mol. The highest BCUT2D eigenvalue weighted by atomic mass is 32.1. The van der Waals surface area contributed by atoms with Gasteiger partial charge in [-0.25, -0.2) is 9.59 Å². The van der Waals surface area contributed by atoms with E-state index in [4.69, 9.17) is 18.7 Å². The Hall–Kier alpha value is -2.83. The van der Waals surface area contributed by atoms with Gasteiger partial charge < -0.3 is 24.1 Å². The van der Waals surface area contributed by atoms with Gasteiger partial charge in [-0.1, -0.05) is 18.0 Å². The number of hydrogen-bond acceptors (Lipinski definition) is 11. The van der Waals surface area contributed by atoms with Crippen molar-refractivity contribution < 1.29 is 33.1 Å². The van der Waals surface area contributed by atoms with Gasteiger partial charge in [0.2, 0.25) is 11.8 Å². The summed E-state index contributed by atoms with van der Waals surface area (Å²) in [5, 5.41) is 10.3. The van der Waals surface area contributed by atoms with Crippen LogP contribution >= 0.6 is 11.3 Å². The second-order valence-electron chi connectivity index (χ2n) is 7.94. The molecule has 0 bridgehead atoms. The number of hydrogen-bond donors (Lipinski definition) is 2. The number of aryl methyl sites for hydroxylation is 1. The topological polar surface area (TPSA) is 142 Å². The van der Waals surface area contributed by atoms with Crippen molar-refractivity contribution in [2.75, 3.05) is 38.8 Å². The fraction of sp³-hybridized carbons (Fsp3) is 0.591. The number of rotatable bonds is 11. The molecule has 1 aliphatic rings. The molecule has 12 heteroatoms. The maximum Gasteiger partial charge on any atom is 0.348 e. The van der Waals surface area contributed by atoms with Gasteiger partial charge in [0.05, 0.1) is 30.9 Å². The van der Waals surface area contributed by atoms with Crippen molar-refractivity contribution in [2.45, 2.75) is 52.0 Å². The van der Waals surface area contributed by atoms with E-state index in [1.807, 2.05) is 0 Å². The lowest BCUT2D eigenvalue weighted by Crippen LogP contribution is -2.44. The molecule has 0 aliphatic heterocycles. The number of methoxy groups -OCH3 is 1. The Balaban J connectivity index is 1.76. The molecule has 1 saturated carbocycles. The Bertz CT molecular complexity index is 1030. The number of aromatic nitrogens is 2. The van der Waals surface area contributed by atoms with Gasteiger partial charge in [0.25, 0.3) is 0 Å². The second-order valence-corrected chi connectivity index (χ2v) is 8.96. The van der Waals surface area contributed by atoms with Crippen molar-refractivity contribution in [3.05, 3.63) is 27.7 Å². The van der Waals surface area contributed by atoms with Gasteiger partial charge in [0.1, 0.15) is 16.5 Å². The summed E-state index contributed by atoms with van der Waals surface area (Å²) in [4.78, 5) is 42.5. The lowest BCUT2D eigenvalue weighted by Gasteiger charge is -2.26. The molecule has 2 N–H and O–H groups in total. The maximum absolute atomic E-state index is 12.9. The average Bonchev–Trinajstić information content (AvgIpc) is 3.52. The molecular formula is C22H30N4O7S. The van der Waals surface area contributed by atoms with Gasteiger partial charge in [0, 0.05) is 14.0 Å². The molecule has 2 heterocycles. The van der Waals surface area contributed by atoms with E-state index < -0.39 is 17.5 Å². The van der Waals surface area contributed by atoms with Gasteiger partial charge in [-0.15, -0.1) is 11.3 Å². The fourth-order valence-corrected chi connectivity index (χ4v) is 5.01. The molecule has 2 aromatic heterocycles. The highest BCUT2D eigenvalue weighted by Crippen LogP contribution is 2.37. The van der Waals surface area contributed by atoms with Crippen LogP contribution < -0.4 is 10.6 Å². The molecule has 1 fully saturated rings. The summed E-state index contributed by atoms with van der Waals surface area (Å²) < 4.78 is 20.4. The molecule has 0 aromatic carbocycles. The van der Waals surface area contributed by atoms with Crippen molar-refractivity contribution in [1.29, 1.82) is 0 Å². The number of esters is 2. The number of nitrogens with one attached hydrogen (secondary N) is 2. The van der Waals surface area contributed by atoms with Crippen LogP contribution in [0.4, 0.5) is 5.00 Å². The Morgan fingerprint density at radius 1 is 1.12 bits per heavy atom. The van der Waals surface area contributed by atoms with E-state index >= 15 is 0 Å². The van der Waals surface area contributed by atoms with Crippen molar-refractivity contribution in [3.8, 4) is 0 Å². The van der Waals surface area contributed by atoms with Crippen LogP contribution in [0.25, 0.3) is 0 Å². The van der Waals surface area contributed by atoms with Crippen LogP contribution in [-0.4, -0.2) is 61.5 Å². The number of carbonyl (C=O) groups excluding carboxylic acids is 3. The van der Waals surface area contributed by atoms with E-state index in [9.17, 15) is 14.4 Å². The van der Waals surface area contributed by atoms with E-state index in [0.717, 1.165) is 37.0 Å². The molecule has 1 amide bonds. The smallest absolute Gasteiger partial charge is 0.348 e. The van der Waals surface area contributed by atoms with Crippen LogP contribution in [0.2, 0.25) is 0 Å². The molecular weight excluding hydrogens is 464 g/mol. The lowest BCUT2D eigenvalue weighted by molar-refractivity contribution is -0.115. The molecule has 186 valence electrons. The zero-order valence-corrected chi connectivity index (χ0v) is 20.6. The minimum atomic E-state index is -0.620. The van der Waals surface area contributed by atoms with E-state index in [0.29, 0.717) is 17.3 Å².